The quantitative estimate of drug-likeness (QED) is 0.738. The molecule has 2 N–H and O–H groups in total. The molecule has 1 aliphatic carbocycles. The van der Waals surface area contributed by atoms with Gasteiger partial charge in [0, 0.05) is 20.4 Å². The van der Waals surface area contributed by atoms with E-state index in [0.717, 1.165) is 0 Å². The van der Waals surface area contributed by atoms with Gasteiger partial charge in [-0.15, -0.1) is 0 Å². The molecule has 0 unspecified atom stereocenters. The van der Waals surface area contributed by atoms with Crippen LogP contribution in [0.15, 0.2) is 0 Å². The van der Waals surface area contributed by atoms with Crippen molar-refractivity contribution in [2.75, 3.05) is 0 Å². The van der Waals surface area contributed by atoms with E-state index < -0.39 is 11.9 Å². The molecule has 0 aromatic carbocycles. The topological polar surface area (TPSA) is 74.6 Å². The molecule has 0 aliphatic heterocycles. The minimum absolute atomic E-state index is 0. The summed E-state index contributed by atoms with van der Waals surface area (Å²) in [6.45, 7) is 0. The SMILES string of the molecule is O=C(O)C1CCC(C(=O)O)CC1.[Pd]. The van der Waals surface area contributed by atoms with E-state index in [4.69, 9.17) is 10.2 Å². The third kappa shape index (κ3) is 3.45. The molecule has 0 amide bonds. The van der Waals surface area contributed by atoms with Gasteiger partial charge in [0.15, 0.2) is 0 Å². The van der Waals surface area contributed by atoms with Crippen molar-refractivity contribution in [3.8, 4) is 0 Å². The number of rotatable bonds is 2. The smallest absolute Gasteiger partial charge is 0.306 e. The Morgan fingerprint density at radius 2 is 1.08 bits per heavy atom. The van der Waals surface area contributed by atoms with Crippen molar-refractivity contribution in [3.05, 3.63) is 0 Å². The average molecular weight is 279 g/mol. The van der Waals surface area contributed by atoms with Crippen LogP contribution in [0.3, 0.4) is 0 Å². The van der Waals surface area contributed by atoms with Gasteiger partial charge in [-0.2, -0.15) is 0 Å². The van der Waals surface area contributed by atoms with E-state index >= 15 is 0 Å². The van der Waals surface area contributed by atoms with E-state index in [1.54, 1.807) is 0 Å². The molecule has 13 heavy (non-hydrogen) atoms. The summed E-state index contributed by atoms with van der Waals surface area (Å²) in [5, 5.41) is 17.2. The van der Waals surface area contributed by atoms with Crippen LogP contribution >= 0.6 is 0 Å². The van der Waals surface area contributed by atoms with Gasteiger partial charge in [0.1, 0.15) is 0 Å². The summed E-state index contributed by atoms with van der Waals surface area (Å²) in [5.41, 5.74) is 0. The summed E-state index contributed by atoms with van der Waals surface area (Å²) < 4.78 is 0. The van der Waals surface area contributed by atoms with Crippen LogP contribution in [0.25, 0.3) is 0 Å². The molecule has 1 aliphatic rings. The summed E-state index contributed by atoms with van der Waals surface area (Å²) >= 11 is 0. The van der Waals surface area contributed by atoms with Crippen molar-refractivity contribution in [2.24, 2.45) is 11.8 Å². The monoisotopic (exact) mass is 278 g/mol. The van der Waals surface area contributed by atoms with E-state index in [1.165, 1.54) is 0 Å². The van der Waals surface area contributed by atoms with Crippen molar-refractivity contribution in [2.45, 2.75) is 25.7 Å². The van der Waals surface area contributed by atoms with E-state index in [2.05, 4.69) is 0 Å². The summed E-state index contributed by atoms with van der Waals surface area (Å²) in [6.07, 6.45) is 2.03. The Morgan fingerprint density at radius 1 is 0.846 bits per heavy atom. The van der Waals surface area contributed by atoms with Gasteiger partial charge in [0.05, 0.1) is 11.8 Å². The third-order valence-electron chi connectivity index (χ3n) is 2.43. The van der Waals surface area contributed by atoms with Gasteiger partial charge in [0.25, 0.3) is 0 Å². The maximum atomic E-state index is 10.5. The van der Waals surface area contributed by atoms with Crippen molar-refractivity contribution in [1.29, 1.82) is 0 Å². The Labute approximate surface area is 90.0 Å². The predicted octanol–water partition coefficient (Wildman–Crippen LogP) is 0.959. The van der Waals surface area contributed by atoms with Crippen LogP contribution in [0.2, 0.25) is 0 Å². The van der Waals surface area contributed by atoms with E-state index in [0.29, 0.717) is 25.7 Å². The molecule has 0 aromatic rings. The molecule has 0 radical (unpaired) electrons. The molecule has 0 saturated heterocycles. The first-order valence-electron chi connectivity index (χ1n) is 4.07. The molecule has 0 atom stereocenters. The molecule has 0 spiro atoms. The number of hydrogen-bond acceptors (Lipinski definition) is 2. The Hall–Kier alpha value is -0.398. The number of aliphatic carboxylic acids is 2. The molecular weight excluding hydrogens is 267 g/mol. The van der Waals surface area contributed by atoms with Gasteiger partial charge in [0.2, 0.25) is 0 Å². The van der Waals surface area contributed by atoms with Crippen molar-refractivity contribution >= 4 is 11.9 Å². The summed E-state index contributed by atoms with van der Waals surface area (Å²) in [5.74, 6) is -2.22. The van der Waals surface area contributed by atoms with Crippen LogP contribution in [-0.4, -0.2) is 22.2 Å². The minimum atomic E-state index is -0.793. The van der Waals surface area contributed by atoms with Gasteiger partial charge < -0.3 is 10.2 Å². The fourth-order valence-corrected chi connectivity index (χ4v) is 1.59. The molecule has 1 rings (SSSR count). The molecular formula is C8H12O4Pd. The van der Waals surface area contributed by atoms with Gasteiger partial charge >= 0.3 is 11.9 Å². The summed E-state index contributed by atoms with van der Waals surface area (Å²) in [4.78, 5) is 21.0. The second-order valence-electron chi connectivity index (χ2n) is 3.23. The van der Waals surface area contributed by atoms with E-state index in [-0.39, 0.29) is 32.3 Å². The molecule has 4 nitrogen and oxygen atoms in total. The average Bonchev–Trinajstić information content (AvgIpc) is 2.04. The normalized spacial score (nSPS) is 27.4. The van der Waals surface area contributed by atoms with E-state index in [1.807, 2.05) is 0 Å². The molecule has 5 heteroatoms. The first-order valence-corrected chi connectivity index (χ1v) is 4.07. The molecule has 0 heterocycles. The Kier molecular flexibility index (Phi) is 5.19. The molecule has 1 saturated carbocycles. The van der Waals surface area contributed by atoms with Gasteiger partial charge in [-0.1, -0.05) is 0 Å². The number of hydrogen-bond donors (Lipinski definition) is 2. The maximum Gasteiger partial charge on any atom is 0.306 e. The van der Waals surface area contributed by atoms with Gasteiger partial charge in [-0.25, -0.2) is 0 Å². The number of carboxylic acids is 2. The van der Waals surface area contributed by atoms with Crippen LogP contribution < -0.4 is 0 Å². The van der Waals surface area contributed by atoms with Crippen LogP contribution in [0.1, 0.15) is 25.7 Å². The zero-order chi connectivity index (χ0) is 9.14. The summed E-state index contributed by atoms with van der Waals surface area (Å²) in [7, 11) is 0. The number of carbonyl (C=O) groups is 2. The first-order chi connectivity index (χ1) is 5.61. The molecule has 78 valence electrons. The van der Waals surface area contributed by atoms with Crippen LogP contribution in [-0.2, 0) is 30.0 Å². The zero-order valence-electron chi connectivity index (χ0n) is 7.01. The fraction of sp³-hybridized carbons (Fsp3) is 0.750. The standard InChI is InChI=1S/C8H12O4.Pd/c9-7(10)5-1-2-6(4-3-5)8(11)12;/h5-6H,1-4H2,(H,9,10)(H,11,12);. The molecule has 0 bridgehead atoms. The molecule has 0 aromatic heterocycles. The van der Waals surface area contributed by atoms with Crippen molar-refractivity contribution in [3.63, 3.8) is 0 Å². The largest absolute Gasteiger partial charge is 0.481 e. The van der Waals surface area contributed by atoms with Gasteiger partial charge in [-0.3, -0.25) is 9.59 Å². The maximum absolute atomic E-state index is 10.5. The Balaban J connectivity index is 0.00000144. The van der Waals surface area contributed by atoms with Crippen LogP contribution in [0.4, 0.5) is 0 Å². The zero-order valence-corrected chi connectivity index (χ0v) is 8.56. The third-order valence-corrected chi connectivity index (χ3v) is 2.43. The molecule has 1 fully saturated rings. The minimum Gasteiger partial charge on any atom is -0.481 e. The second kappa shape index (κ2) is 5.36. The van der Waals surface area contributed by atoms with Crippen LogP contribution in [0.5, 0.6) is 0 Å². The first kappa shape index (κ1) is 12.6. The van der Waals surface area contributed by atoms with Gasteiger partial charge in [-0.05, 0) is 25.7 Å². The van der Waals surface area contributed by atoms with Crippen molar-refractivity contribution in [1.82, 2.24) is 0 Å². The van der Waals surface area contributed by atoms with Crippen LogP contribution in [0, 0.1) is 11.8 Å². The Bertz CT molecular complexity index is 174. The fourth-order valence-electron chi connectivity index (χ4n) is 1.59. The predicted molar refractivity (Wildman–Crippen MR) is 40.7 cm³/mol. The Morgan fingerprint density at radius 3 is 1.23 bits per heavy atom. The van der Waals surface area contributed by atoms with Crippen molar-refractivity contribution < 1.29 is 40.2 Å². The summed E-state index contributed by atoms with van der Waals surface area (Å²) in [6, 6.07) is 0. The van der Waals surface area contributed by atoms with E-state index in [9.17, 15) is 9.59 Å². The second-order valence-corrected chi connectivity index (χ2v) is 3.23. The number of carboxylic acid groups (broad SMARTS) is 2.